The molecular formula is C16H18OSi. The number of rotatable bonds is 6. The maximum atomic E-state index is 5.77. The molecule has 2 heteroatoms. The summed E-state index contributed by atoms with van der Waals surface area (Å²) in [7, 11) is -0.567. The molecule has 0 unspecified atom stereocenters. The van der Waals surface area contributed by atoms with Gasteiger partial charge in [-0.3, -0.25) is 0 Å². The standard InChI is InChI=1S/C16H18OSi/c1-2-18-17-13-16(14-9-5-3-6-10-14)15-11-7-4-8-12-15/h2-12,16H,1,13,18H2. The zero-order valence-corrected chi connectivity index (χ0v) is 11.9. The highest BCUT2D eigenvalue weighted by Crippen LogP contribution is 2.24. The molecule has 2 rings (SSSR count). The van der Waals surface area contributed by atoms with Crippen LogP contribution >= 0.6 is 0 Å². The van der Waals surface area contributed by atoms with Crippen LogP contribution in [0.3, 0.4) is 0 Å². The van der Waals surface area contributed by atoms with Crippen LogP contribution in [0.1, 0.15) is 17.0 Å². The van der Waals surface area contributed by atoms with Gasteiger partial charge in [-0.25, -0.2) is 0 Å². The smallest absolute Gasteiger partial charge is 0.184 e. The molecule has 18 heavy (non-hydrogen) atoms. The van der Waals surface area contributed by atoms with Crippen LogP contribution in [0.25, 0.3) is 0 Å². The van der Waals surface area contributed by atoms with E-state index >= 15 is 0 Å². The van der Waals surface area contributed by atoms with Gasteiger partial charge < -0.3 is 4.43 Å². The molecule has 0 heterocycles. The number of hydrogen-bond acceptors (Lipinski definition) is 1. The highest BCUT2D eigenvalue weighted by Gasteiger charge is 2.13. The van der Waals surface area contributed by atoms with E-state index in [4.69, 9.17) is 4.43 Å². The second kappa shape index (κ2) is 6.94. The molecule has 0 atom stereocenters. The molecule has 0 amide bonds. The molecule has 0 saturated heterocycles. The summed E-state index contributed by atoms with van der Waals surface area (Å²) in [6, 6.07) is 21.1. The van der Waals surface area contributed by atoms with Crippen molar-refractivity contribution < 1.29 is 4.43 Å². The summed E-state index contributed by atoms with van der Waals surface area (Å²) >= 11 is 0. The van der Waals surface area contributed by atoms with Gasteiger partial charge in [0.15, 0.2) is 9.76 Å². The summed E-state index contributed by atoms with van der Waals surface area (Å²) in [4.78, 5) is 0. The van der Waals surface area contributed by atoms with Gasteiger partial charge in [0.05, 0.1) is 0 Å². The molecule has 0 spiro atoms. The first-order valence-electron chi connectivity index (χ1n) is 6.20. The van der Waals surface area contributed by atoms with Crippen LogP contribution in [0.4, 0.5) is 0 Å². The van der Waals surface area contributed by atoms with Gasteiger partial charge >= 0.3 is 0 Å². The maximum Gasteiger partial charge on any atom is 0.184 e. The molecule has 92 valence electrons. The molecule has 0 aromatic heterocycles. The van der Waals surface area contributed by atoms with E-state index in [2.05, 4.69) is 55.1 Å². The van der Waals surface area contributed by atoms with Crippen LogP contribution in [0.2, 0.25) is 0 Å². The molecular weight excluding hydrogens is 236 g/mol. The lowest BCUT2D eigenvalue weighted by molar-refractivity contribution is 0.325. The van der Waals surface area contributed by atoms with Crippen LogP contribution < -0.4 is 0 Å². The predicted molar refractivity (Wildman–Crippen MR) is 79.4 cm³/mol. The first kappa shape index (κ1) is 12.8. The van der Waals surface area contributed by atoms with Gasteiger partial charge in [-0.15, -0.1) is 6.58 Å². The fourth-order valence-corrected chi connectivity index (χ4v) is 2.56. The Hall–Kier alpha value is -1.64. The van der Waals surface area contributed by atoms with E-state index in [9.17, 15) is 0 Å². The third kappa shape index (κ3) is 3.42. The van der Waals surface area contributed by atoms with Crippen LogP contribution in [-0.2, 0) is 4.43 Å². The van der Waals surface area contributed by atoms with Crippen molar-refractivity contribution in [2.24, 2.45) is 0 Å². The summed E-state index contributed by atoms with van der Waals surface area (Å²) in [5.74, 6) is 0.319. The number of benzene rings is 2. The molecule has 0 N–H and O–H groups in total. The lowest BCUT2D eigenvalue weighted by Crippen LogP contribution is -2.11. The van der Waals surface area contributed by atoms with Crippen LogP contribution in [0, 0.1) is 0 Å². The average molecular weight is 254 g/mol. The van der Waals surface area contributed by atoms with Gasteiger partial charge in [-0.2, -0.15) is 0 Å². The Balaban J connectivity index is 2.21. The quantitative estimate of drug-likeness (QED) is 0.568. The first-order valence-corrected chi connectivity index (χ1v) is 7.59. The predicted octanol–water partition coefficient (Wildman–Crippen LogP) is 3.06. The normalized spacial score (nSPS) is 11.2. The minimum Gasteiger partial charge on any atom is -0.418 e. The van der Waals surface area contributed by atoms with Gasteiger partial charge in [0.2, 0.25) is 0 Å². The van der Waals surface area contributed by atoms with E-state index in [0.29, 0.717) is 5.92 Å². The Morgan fingerprint density at radius 2 is 1.44 bits per heavy atom. The van der Waals surface area contributed by atoms with Gasteiger partial charge in [-0.1, -0.05) is 66.4 Å². The number of hydrogen-bond donors (Lipinski definition) is 0. The second-order valence-corrected chi connectivity index (χ2v) is 5.52. The minimum atomic E-state index is -0.567. The average Bonchev–Trinajstić information content (AvgIpc) is 2.46. The lowest BCUT2D eigenvalue weighted by Gasteiger charge is -2.18. The molecule has 0 radical (unpaired) electrons. The van der Waals surface area contributed by atoms with E-state index in [1.807, 2.05) is 17.8 Å². The highest BCUT2D eigenvalue weighted by molar-refractivity contribution is 6.34. The maximum absolute atomic E-state index is 5.77. The fraction of sp³-hybridized carbons (Fsp3) is 0.125. The third-order valence-corrected chi connectivity index (χ3v) is 3.63. The zero-order chi connectivity index (χ0) is 12.6. The first-order chi connectivity index (χ1) is 8.92. The Bertz CT molecular complexity index is 427. The molecule has 0 saturated carbocycles. The van der Waals surface area contributed by atoms with E-state index in [-0.39, 0.29) is 0 Å². The van der Waals surface area contributed by atoms with E-state index in [1.54, 1.807) is 0 Å². The SMILES string of the molecule is C=C[SiH2]OCC(c1ccccc1)c1ccccc1. The van der Waals surface area contributed by atoms with Crippen molar-refractivity contribution in [3.05, 3.63) is 84.1 Å². The molecule has 0 bridgehead atoms. The Labute approximate surface area is 111 Å². The highest BCUT2D eigenvalue weighted by atomic mass is 28.2. The van der Waals surface area contributed by atoms with Gasteiger partial charge in [0.25, 0.3) is 0 Å². The molecule has 2 aromatic carbocycles. The van der Waals surface area contributed by atoms with Crippen LogP contribution in [0.15, 0.2) is 72.9 Å². The fourth-order valence-electron chi connectivity index (χ4n) is 2.02. The van der Waals surface area contributed by atoms with E-state index in [0.717, 1.165) is 6.61 Å². The Morgan fingerprint density at radius 3 is 1.89 bits per heavy atom. The van der Waals surface area contributed by atoms with E-state index in [1.165, 1.54) is 11.1 Å². The van der Waals surface area contributed by atoms with Crippen LogP contribution in [-0.4, -0.2) is 16.4 Å². The van der Waals surface area contributed by atoms with Crippen molar-refractivity contribution in [3.8, 4) is 0 Å². The van der Waals surface area contributed by atoms with Crippen molar-refractivity contribution in [3.63, 3.8) is 0 Å². The van der Waals surface area contributed by atoms with Crippen molar-refractivity contribution in [2.75, 3.05) is 6.61 Å². The molecule has 0 fully saturated rings. The molecule has 0 aliphatic heterocycles. The Morgan fingerprint density at radius 1 is 0.944 bits per heavy atom. The topological polar surface area (TPSA) is 9.23 Å². The molecule has 0 aliphatic carbocycles. The summed E-state index contributed by atoms with van der Waals surface area (Å²) < 4.78 is 5.77. The Kier molecular flexibility index (Phi) is 4.94. The zero-order valence-electron chi connectivity index (χ0n) is 10.5. The monoisotopic (exact) mass is 254 g/mol. The van der Waals surface area contributed by atoms with Gasteiger partial charge in [-0.05, 0) is 11.1 Å². The summed E-state index contributed by atoms with van der Waals surface area (Å²) in [5.41, 5.74) is 4.54. The largest absolute Gasteiger partial charge is 0.418 e. The molecule has 2 aromatic rings. The van der Waals surface area contributed by atoms with Crippen LogP contribution in [0.5, 0.6) is 0 Å². The van der Waals surface area contributed by atoms with Crippen molar-refractivity contribution >= 4 is 9.76 Å². The molecule has 0 aliphatic rings. The summed E-state index contributed by atoms with van der Waals surface area (Å²) in [5, 5.41) is 0. The van der Waals surface area contributed by atoms with Crippen molar-refractivity contribution in [1.29, 1.82) is 0 Å². The van der Waals surface area contributed by atoms with Crippen molar-refractivity contribution in [1.82, 2.24) is 0 Å². The second-order valence-electron chi connectivity index (χ2n) is 4.20. The van der Waals surface area contributed by atoms with Gasteiger partial charge in [0.1, 0.15) is 0 Å². The third-order valence-electron chi connectivity index (χ3n) is 2.92. The molecule has 1 nitrogen and oxygen atoms in total. The lowest BCUT2D eigenvalue weighted by atomic mass is 9.92. The van der Waals surface area contributed by atoms with E-state index < -0.39 is 9.76 Å². The summed E-state index contributed by atoms with van der Waals surface area (Å²) in [6.07, 6.45) is 0. The van der Waals surface area contributed by atoms with Gasteiger partial charge in [0, 0.05) is 12.5 Å². The minimum absolute atomic E-state index is 0.319. The summed E-state index contributed by atoms with van der Waals surface area (Å²) in [6.45, 7) is 4.48. The van der Waals surface area contributed by atoms with Crippen molar-refractivity contribution in [2.45, 2.75) is 5.92 Å².